The van der Waals surface area contributed by atoms with Crippen LogP contribution in [0.1, 0.15) is 5.89 Å². The van der Waals surface area contributed by atoms with E-state index in [1.807, 2.05) is 0 Å². The van der Waals surface area contributed by atoms with Gasteiger partial charge in [-0.05, 0) is 6.08 Å². The van der Waals surface area contributed by atoms with Gasteiger partial charge in [-0.25, -0.2) is 4.98 Å². The van der Waals surface area contributed by atoms with Crippen LogP contribution in [0.5, 0.6) is 0 Å². The molecule has 2 heterocycles. The van der Waals surface area contributed by atoms with E-state index in [1.165, 1.54) is 12.4 Å². The molecule has 4 heteroatoms. The second kappa shape index (κ2) is 1.70. The largest absolute Gasteiger partial charge is 0.417 e. The predicted octanol–water partition coefficient (Wildman–Crippen LogP) is 1.19. The third-order valence-corrected chi connectivity index (χ3v) is 1.18. The van der Waals surface area contributed by atoms with Gasteiger partial charge >= 0.3 is 0 Å². The maximum absolute atomic E-state index is 5.09. The number of oxazole rings is 1. The molecule has 2 aromatic rings. The molecule has 0 aliphatic rings. The highest BCUT2D eigenvalue weighted by Gasteiger charge is 2.02. The molecule has 0 amide bonds. The lowest BCUT2D eigenvalue weighted by Crippen LogP contribution is -1.67. The van der Waals surface area contributed by atoms with Crippen LogP contribution < -0.4 is 0 Å². The summed E-state index contributed by atoms with van der Waals surface area (Å²) in [7, 11) is 0. The molecule has 0 fully saturated rings. The molecule has 10 heavy (non-hydrogen) atoms. The average molecular weight is 135 g/mol. The van der Waals surface area contributed by atoms with E-state index in [-0.39, 0.29) is 0 Å². The van der Waals surface area contributed by atoms with Crippen LogP contribution in [0, 0.1) is 0 Å². The summed E-state index contributed by atoms with van der Waals surface area (Å²) in [5.74, 6) is 0.495. The molecule has 0 aliphatic heterocycles. The van der Waals surface area contributed by atoms with Gasteiger partial charge in [0.05, 0.1) is 6.33 Å². The Balaban J connectivity index is 2.78. The Morgan fingerprint density at radius 1 is 1.70 bits per heavy atom. The molecule has 2 rings (SSSR count). The summed E-state index contributed by atoms with van der Waals surface area (Å²) in [5.41, 5.74) is 1.19. The number of nitrogens with one attached hydrogen (secondary N) is 1. The summed E-state index contributed by atoms with van der Waals surface area (Å²) >= 11 is 0. The van der Waals surface area contributed by atoms with E-state index in [0.29, 0.717) is 17.3 Å². The van der Waals surface area contributed by atoms with E-state index in [1.54, 1.807) is 0 Å². The third kappa shape index (κ3) is 0.556. The minimum absolute atomic E-state index is 0.495. The number of aromatic nitrogens is 3. The molecule has 0 bridgehead atoms. The van der Waals surface area contributed by atoms with Crippen molar-refractivity contribution in [3.63, 3.8) is 0 Å². The number of fused-ring (bicyclic) bond motifs is 1. The third-order valence-electron chi connectivity index (χ3n) is 1.18. The summed E-state index contributed by atoms with van der Waals surface area (Å²) in [5, 5.41) is 0. The SMILES string of the molecule is C=Cc1nc2[nH]cnc2o1. The van der Waals surface area contributed by atoms with Crippen LogP contribution in [0.4, 0.5) is 0 Å². The number of hydrogen-bond acceptors (Lipinski definition) is 3. The summed E-state index contributed by atoms with van der Waals surface area (Å²) in [6, 6.07) is 0. The highest BCUT2D eigenvalue weighted by molar-refractivity contribution is 5.64. The zero-order chi connectivity index (χ0) is 6.97. The Morgan fingerprint density at radius 3 is 3.30 bits per heavy atom. The molecule has 0 spiro atoms. The van der Waals surface area contributed by atoms with Gasteiger partial charge in [-0.1, -0.05) is 6.58 Å². The first-order chi connectivity index (χ1) is 4.90. The van der Waals surface area contributed by atoms with Crippen molar-refractivity contribution in [1.29, 1.82) is 0 Å². The van der Waals surface area contributed by atoms with Gasteiger partial charge in [0, 0.05) is 0 Å². The van der Waals surface area contributed by atoms with Crippen molar-refractivity contribution in [1.82, 2.24) is 15.0 Å². The topological polar surface area (TPSA) is 54.7 Å². The van der Waals surface area contributed by atoms with Gasteiger partial charge in [0.1, 0.15) is 0 Å². The van der Waals surface area contributed by atoms with Crippen molar-refractivity contribution in [2.75, 3.05) is 0 Å². The number of aromatic amines is 1. The van der Waals surface area contributed by atoms with E-state index < -0.39 is 0 Å². The predicted molar refractivity (Wildman–Crippen MR) is 36.2 cm³/mol. The molecule has 50 valence electrons. The lowest BCUT2D eigenvalue weighted by atomic mass is 10.6. The van der Waals surface area contributed by atoms with Crippen LogP contribution in [0.15, 0.2) is 17.3 Å². The Morgan fingerprint density at radius 2 is 2.60 bits per heavy atom. The van der Waals surface area contributed by atoms with Crippen LogP contribution in [0.25, 0.3) is 17.4 Å². The number of H-pyrrole nitrogens is 1. The Bertz CT molecular complexity index is 331. The standard InChI is InChI=1S/C6H5N3O/c1-2-4-9-5-6(10-4)8-3-7-5/h2-3H,1H2,(H,7,8). The van der Waals surface area contributed by atoms with Crippen LogP contribution in [0.3, 0.4) is 0 Å². The summed E-state index contributed by atoms with van der Waals surface area (Å²) in [6.07, 6.45) is 3.07. The molecule has 0 saturated heterocycles. The fourth-order valence-electron chi connectivity index (χ4n) is 0.749. The van der Waals surface area contributed by atoms with Gasteiger partial charge in [-0.15, -0.1) is 0 Å². The quantitative estimate of drug-likeness (QED) is 0.639. The van der Waals surface area contributed by atoms with Gasteiger partial charge in [-0.2, -0.15) is 4.98 Å². The van der Waals surface area contributed by atoms with Gasteiger partial charge in [-0.3, -0.25) is 0 Å². The summed E-state index contributed by atoms with van der Waals surface area (Å²) in [6.45, 7) is 3.51. The molecule has 0 unspecified atom stereocenters. The zero-order valence-electron chi connectivity index (χ0n) is 5.16. The fraction of sp³-hybridized carbons (Fsp3) is 0. The highest BCUT2D eigenvalue weighted by atomic mass is 16.4. The molecule has 0 atom stereocenters. The van der Waals surface area contributed by atoms with Gasteiger partial charge in [0.25, 0.3) is 5.71 Å². The molecule has 0 aliphatic carbocycles. The zero-order valence-corrected chi connectivity index (χ0v) is 5.16. The minimum atomic E-state index is 0.495. The summed E-state index contributed by atoms with van der Waals surface area (Å²) < 4.78 is 5.09. The van der Waals surface area contributed by atoms with E-state index in [2.05, 4.69) is 21.5 Å². The van der Waals surface area contributed by atoms with Crippen molar-refractivity contribution in [2.24, 2.45) is 0 Å². The van der Waals surface area contributed by atoms with Crippen molar-refractivity contribution in [3.8, 4) is 0 Å². The summed E-state index contributed by atoms with van der Waals surface area (Å²) in [4.78, 5) is 10.7. The van der Waals surface area contributed by atoms with Crippen LogP contribution in [-0.2, 0) is 0 Å². The Labute approximate surface area is 56.6 Å². The molecule has 0 aromatic carbocycles. The van der Waals surface area contributed by atoms with Crippen LogP contribution in [-0.4, -0.2) is 15.0 Å². The van der Waals surface area contributed by atoms with Gasteiger partial charge in [0.15, 0.2) is 5.65 Å². The van der Waals surface area contributed by atoms with Crippen LogP contribution in [0.2, 0.25) is 0 Å². The maximum Gasteiger partial charge on any atom is 0.266 e. The van der Waals surface area contributed by atoms with Crippen molar-refractivity contribution in [3.05, 3.63) is 18.8 Å². The van der Waals surface area contributed by atoms with E-state index in [4.69, 9.17) is 4.42 Å². The first-order valence-corrected chi connectivity index (χ1v) is 2.82. The Kier molecular flexibility index (Phi) is 0.887. The lowest BCUT2D eigenvalue weighted by molar-refractivity contribution is 0.579. The van der Waals surface area contributed by atoms with Crippen molar-refractivity contribution in [2.45, 2.75) is 0 Å². The molecular weight excluding hydrogens is 130 g/mol. The first-order valence-electron chi connectivity index (χ1n) is 2.82. The van der Waals surface area contributed by atoms with Crippen molar-refractivity contribution < 1.29 is 4.42 Å². The lowest BCUT2D eigenvalue weighted by Gasteiger charge is -1.73. The molecule has 0 saturated carbocycles. The smallest absolute Gasteiger partial charge is 0.266 e. The molecular formula is C6H5N3O. The van der Waals surface area contributed by atoms with E-state index in [0.717, 1.165) is 0 Å². The van der Waals surface area contributed by atoms with E-state index in [9.17, 15) is 0 Å². The average Bonchev–Trinajstić information content (AvgIpc) is 2.42. The van der Waals surface area contributed by atoms with Crippen molar-refractivity contribution >= 4 is 17.4 Å². The monoisotopic (exact) mass is 135 g/mol. The molecule has 4 nitrogen and oxygen atoms in total. The van der Waals surface area contributed by atoms with E-state index >= 15 is 0 Å². The molecule has 0 radical (unpaired) electrons. The number of imidazole rings is 1. The van der Waals surface area contributed by atoms with Gasteiger partial charge in [0.2, 0.25) is 5.89 Å². The Hall–Kier alpha value is -1.58. The number of nitrogens with zero attached hydrogens (tertiary/aromatic N) is 2. The van der Waals surface area contributed by atoms with Crippen LogP contribution >= 0.6 is 0 Å². The second-order valence-corrected chi connectivity index (χ2v) is 1.81. The molecule has 1 N–H and O–H groups in total. The highest BCUT2D eigenvalue weighted by Crippen LogP contribution is 2.09. The number of rotatable bonds is 1. The maximum atomic E-state index is 5.09. The minimum Gasteiger partial charge on any atom is -0.417 e. The second-order valence-electron chi connectivity index (χ2n) is 1.81. The normalized spacial score (nSPS) is 10.4. The first kappa shape index (κ1) is 5.22. The molecule has 2 aromatic heterocycles. The van der Waals surface area contributed by atoms with Gasteiger partial charge < -0.3 is 9.40 Å². The number of hydrogen-bond donors (Lipinski definition) is 1. The fourth-order valence-corrected chi connectivity index (χ4v) is 0.749.